The van der Waals surface area contributed by atoms with Crippen LogP contribution in [0.2, 0.25) is 0 Å². The predicted molar refractivity (Wildman–Crippen MR) is 114 cm³/mol. The molecule has 0 unspecified atom stereocenters. The van der Waals surface area contributed by atoms with E-state index in [9.17, 15) is 10.1 Å². The fourth-order valence-electron chi connectivity index (χ4n) is 2.57. The highest BCUT2D eigenvalue weighted by atomic mass is 32.2. The number of non-ortho nitro benzene ring substituents is 1. The summed E-state index contributed by atoms with van der Waals surface area (Å²) in [6.07, 6.45) is 13.4. The van der Waals surface area contributed by atoms with Crippen LogP contribution in [0.25, 0.3) is 0 Å². The topological polar surface area (TPSA) is 55.2 Å². The van der Waals surface area contributed by atoms with E-state index in [1.54, 1.807) is 23.9 Å². The van der Waals surface area contributed by atoms with E-state index in [0.717, 1.165) is 15.8 Å². The van der Waals surface area contributed by atoms with Crippen molar-refractivity contribution in [2.45, 2.75) is 71.1 Å². The number of rotatable bonds is 13. The highest BCUT2D eigenvalue weighted by Gasteiger charge is 2.05. The summed E-state index contributed by atoms with van der Waals surface area (Å²) in [5.74, 6) is 1.02. The first-order valence-corrected chi connectivity index (χ1v) is 10.7. The second-order valence-electron chi connectivity index (χ2n) is 6.25. The molecule has 0 atom stereocenters. The van der Waals surface area contributed by atoms with Gasteiger partial charge in [-0.3, -0.25) is 10.1 Å². The van der Waals surface area contributed by atoms with Crippen molar-refractivity contribution in [3.05, 3.63) is 34.4 Å². The maximum Gasteiger partial charge on any atom is 0.269 e. The molecule has 25 heavy (non-hydrogen) atoms. The van der Waals surface area contributed by atoms with Crippen LogP contribution in [0.15, 0.2) is 24.3 Å². The molecule has 0 aromatic heterocycles. The van der Waals surface area contributed by atoms with Crippen LogP contribution in [0.1, 0.15) is 71.1 Å². The van der Waals surface area contributed by atoms with Crippen LogP contribution >= 0.6 is 24.0 Å². The van der Waals surface area contributed by atoms with Crippen LogP contribution < -0.4 is 5.32 Å². The van der Waals surface area contributed by atoms with Crippen LogP contribution in [0, 0.1) is 10.1 Å². The Hall–Kier alpha value is -1.14. The van der Waals surface area contributed by atoms with Gasteiger partial charge in [0.15, 0.2) is 0 Å². The van der Waals surface area contributed by atoms with Crippen molar-refractivity contribution in [1.82, 2.24) is 0 Å². The van der Waals surface area contributed by atoms with E-state index in [4.69, 9.17) is 12.2 Å². The summed E-state index contributed by atoms with van der Waals surface area (Å²) in [7, 11) is 0. The largest absolute Gasteiger partial charge is 0.341 e. The number of nitro groups is 1. The number of thiocarbonyl (C=S) groups is 1. The Balaban J connectivity index is 1.99. The molecule has 0 radical (unpaired) electrons. The molecule has 0 bridgehead atoms. The van der Waals surface area contributed by atoms with Gasteiger partial charge in [-0.15, -0.1) is 0 Å². The van der Waals surface area contributed by atoms with Crippen LogP contribution in [0.3, 0.4) is 0 Å². The molecule has 6 heteroatoms. The summed E-state index contributed by atoms with van der Waals surface area (Å²) in [5.41, 5.74) is 0.889. The molecule has 0 amide bonds. The van der Waals surface area contributed by atoms with Crippen LogP contribution in [0.4, 0.5) is 11.4 Å². The van der Waals surface area contributed by atoms with E-state index in [1.165, 1.54) is 76.3 Å². The lowest BCUT2D eigenvalue weighted by Crippen LogP contribution is -2.05. The van der Waals surface area contributed by atoms with Crippen molar-refractivity contribution in [2.24, 2.45) is 0 Å². The Kier molecular flexibility index (Phi) is 12.3. The molecule has 0 spiro atoms. The number of anilines is 1. The molecular weight excluding hydrogens is 352 g/mol. The van der Waals surface area contributed by atoms with Crippen LogP contribution in [-0.4, -0.2) is 15.0 Å². The molecule has 0 fully saturated rings. The van der Waals surface area contributed by atoms with E-state index >= 15 is 0 Å². The van der Waals surface area contributed by atoms with E-state index < -0.39 is 4.92 Å². The first kappa shape index (κ1) is 21.9. The zero-order chi connectivity index (χ0) is 18.3. The fourth-order valence-corrected chi connectivity index (χ4v) is 3.67. The Morgan fingerprint density at radius 2 is 1.52 bits per heavy atom. The molecule has 0 aliphatic carbocycles. The Morgan fingerprint density at radius 1 is 1.00 bits per heavy atom. The third kappa shape index (κ3) is 11.2. The van der Waals surface area contributed by atoms with E-state index in [2.05, 4.69) is 12.2 Å². The Bertz CT molecular complexity index is 507. The van der Waals surface area contributed by atoms with Gasteiger partial charge in [-0.25, -0.2) is 0 Å². The molecule has 0 saturated heterocycles. The van der Waals surface area contributed by atoms with Crippen molar-refractivity contribution in [1.29, 1.82) is 0 Å². The lowest BCUT2D eigenvalue weighted by molar-refractivity contribution is -0.384. The second-order valence-corrected chi connectivity index (χ2v) is 8.02. The summed E-state index contributed by atoms with van der Waals surface area (Å²) in [4.78, 5) is 10.2. The van der Waals surface area contributed by atoms with Gasteiger partial charge in [0, 0.05) is 23.6 Å². The third-order valence-electron chi connectivity index (χ3n) is 4.06. The number of hydrogen-bond acceptors (Lipinski definition) is 4. The standard InChI is InChI=1S/C19H30N2O2S2/c1-2-3-4-5-6-7-8-9-10-11-16-25-19(24)20-17-12-14-18(15-13-17)21(22)23/h12-15H,2-11,16H2,1H3,(H,20,24). The summed E-state index contributed by atoms with van der Waals surface area (Å²) in [6, 6.07) is 6.34. The average molecular weight is 383 g/mol. The number of thioether (sulfide) groups is 1. The van der Waals surface area contributed by atoms with Crippen molar-refractivity contribution in [3.8, 4) is 0 Å². The number of nitrogens with one attached hydrogen (secondary N) is 1. The van der Waals surface area contributed by atoms with Gasteiger partial charge in [0.2, 0.25) is 0 Å². The first-order chi connectivity index (χ1) is 12.1. The van der Waals surface area contributed by atoms with Crippen molar-refractivity contribution in [2.75, 3.05) is 11.1 Å². The first-order valence-electron chi connectivity index (χ1n) is 9.31. The minimum absolute atomic E-state index is 0.0921. The molecule has 1 aromatic carbocycles. The molecule has 1 aromatic rings. The minimum atomic E-state index is -0.401. The van der Waals surface area contributed by atoms with Gasteiger partial charge in [-0.2, -0.15) is 0 Å². The Morgan fingerprint density at radius 3 is 2.04 bits per heavy atom. The molecular formula is C19H30N2O2S2. The van der Waals surface area contributed by atoms with Gasteiger partial charge >= 0.3 is 0 Å². The van der Waals surface area contributed by atoms with Crippen molar-refractivity contribution < 1.29 is 4.92 Å². The Labute approximate surface area is 161 Å². The average Bonchev–Trinajstić information content (AvgIpc) is 2.60. The predicted octanol–water partition coefficient (Wildman–Crippen LogP) is 6.95. The second kappa shape index (κ2) is 14.1. The smallest absolute Gasteiger partial charge is 0.269 e. The summed E-state index contributed by atoms with van der Waals surface area (Å²) in [5, 5.41) is 13.7. The van der Waals surface area contributed by atoms with E-state index in [0.29, 0.717) is 0 Å². The normalized spacial score (nSPS) is 10.6. The van der Waals surface area contributed by atoms with E-state index in [-0.39, 0.29) is 5.69 Å². The zero-order valence-corrected chi connectivity index (χ0v) is 16.8. The quantitative estimate of drug-likeness (QED) is 0.173. The molecule has 0 heterocycles. The number of hydrogen-bond donors (Lipinski definition) is 1. The fraction of sp³-hybridized carbons (Fsp3) is 0.632. The molecule has 140 valence electrons. The summed E-state index contributed by atoms with van der Waals surface area (Å²) >= 11 is 6.95. The third-order valence-corrected chi connectivity index (χ3v) is 5.37. The van der Waals surface area contributed by atoms with Gasteiger partial charge in [0.05, 0.1) is 4.92 Å². The molecule has 1 rings (SSSR count). The lowest BCUT2D eigenvalue weighted by Gasteiger charge is -2.07. The number of nitro benzene ring substituents is 1. The maximum atomic E-state index is 10.6. The van der Waals surface area contributed by atoms with Gasteiger partial charge in [0.25, 0.3) is 5.69 Å². The highest BCUT2D eigenvalue weighted by molar-refractivity contribution is 8.23. The van der Waals surface area contributed by atoms with Crippen LogP contribution in [0.5, 0.6) is 0 Å². The minimum Gasteiger partial charge on any atom is -0.341 e. The van der Waals surface area contributed by atoms with Gasteiger partial charge < -0.3 is 5.32 Å². The zero-order valence-electron chi connectivity index (χ0n) is 15.2. The monoisotopic (exact) mass is 382 g/mol. The van der Waals surface area contributed by atoms with Gasteiger partial charge in [-0.05, 0) is 18.6 Å². The molecule has 4 nitrogen and oxygen atoms in total. The summed E-state index contributed by atoms with van der Waals surface area (Å²) < 4.78 is 0.727. The lowest BCUT2D eigenvalue weighted by atomic mass is 10.1. The van der Waals surface area contributed by atoms with E-state index in [1.807, 2.05) is 0 Å². The molecule has 0 aliphatic rings. The summed E-state index contributed by atoms with van der Waals surface area (Å²) in [6.45, 7) is 2.26. The van der Waals surface area contributed by atoms with Gasteiger partial charge in [-0.1, -0.05) is 88.7 Å². The molecule has 0 saturated carbocycles. The molecule has 0 aliphatic heterocycles. The number of benzene rings is 1. The van der Waals surface area contributed by atoms with Gasteiger partial charge in [0.1, 0.15) is 4.32 Å². The van der Waals surface area contributed by atoms with Crippen molar-refractivity contribution in [3.63, 3.8) is 0 Å². The number of nitrogens with zero attached hydrogens (tertiary/aromatic N) is 1. The number of unbranched alkanes of at least 4 members (excludes halogenated alkanes) is 9. The maximum absolute atomic E-state index is 10.6. The van der Waals surface area contributed by atoms with Crippen molar-refractivity contribution >= 4 is 39.7 Å². The van der Waals surface area contributed by atoms with Crippen LogP contribution in [-0.2, 0) is 0 Å². The SMILES string of the molecule is CCCCCCCCCCCCSC(=S)Nc1ccc([N+](=O)[O-])cc1. The molecule has 1 N–H and O–H groups in total. The highest BCUT2D eigenvalue weighted by Crippen LogP contribution is 2.18.